The number of halogens is 4. The zero-order valence-electron chi connectivity index (χ0n) is 9.79. The molecule has 0 amide bonds. The lowest BCUT2D eigenvalue weighted by atomic mass is 10.1. The lowest BCUT2D eigenvalue weighted by Crippen LogP contribution is -1.99. The summed E-state index contributed by atoms with van der Waals surface area (Å²) in [6, 6.07) is 8.86. The molecule has 1 heterocycles. The highest BCUT2D eigenvalue weighted by molar-refractivity contribution is 6.43. The van der Waals surface area contributed by atoms with Gasteiger partial charge in [0.2, 0.25) is 0 Å². The maximum Gasteiger partial charge on any atom is 0.130 e. The van der Waals surface area contributed by atoms with Gasteiger partial charge < -0.3 is 4.57 Å². The minimum absolute atomic E-state index is 0.0319. The molecule has 3 nitrogen and oxygen atoms in total. The summed E-state index contributed by atoms with van der Waals surface area (Å²) in [5.74, 6) is 0. The molecule has 0 saturated carbocycles. The Bertz CT molecular complexity index is 765. The smallest absolute Gasteiger partial charge is 0.130 e. The average molecular weight is 345 g/mol. The van der Waals surface area contributed by atoms with Gasteiger partial charge in [0.25, 0.3) is 0 Å². The van der Waals surface area contributed by atoms with Crippen LogP contribution in [0, 0.1) is 22.7 Å². The fourth-order valence-electron chi connectivity index (χ4n) is 1.82. The lowest BCUT2D eigenvalue weighted by Gasteiger charge is -2.08. The minimum Gasteiger partial charge on any atom is -0.315 e. The first kappa shape index (κ1) is 15.0. The Balaban J connectivity index is 2.78. The summed E-state index contributed by atoms with van der Waals surface area (Å²) in [5, 5.41) is 19.1. The van der Waals surface area contributed by atoms with Gasteiger partial charge in [0.15, 0.2) is 0 Å². The molecule has 1 aromatic carbocycles. The predicted molar refractivity (Wildman–Crippen MR) is 80.2 cm³/mol. The maximum atomic E-state index is 9.24. The van der Waals surface area contributed by atoms with Crippen LogP contribution in [-0.4, -0.2) is 4.57 Å². The van der Waals surface area contributed by atoms with E-state index < -0.39 is 0 Å². The van der Waals surface area contributed by atoms with Crippen LogP contribution in [0.2, 0.25) is 20.2 Å². The first-order valence-corrected chi connectivity index (χ1v) is 6.82. The SMILES string of the molecule is N#CCn1c(Cl)c(Cl)c(C#N)c1-c1ccc(Cl)c(Cl)c1. The highest BCUT2D eigenvalue weighted by atomic mass is 35.5. The van der Waals surface area contributed by atoms with Gasteiger partial charge in [0.1, 0.15) is 17.8 Å². The number of hydrogen-bond acceptors (Lipinski definition) is 2. The predicted octanol–water partition coefficient (Wildman–Crippen LogP) is 5.16. The van der Waals surface area contributed by atoms with Gasteiger partial charge in [0.05, 0.1) is 32.4 Å². The van der Waals surface area contributed by atoms with Crippen molar-refractivity contribution in [1.82, 2.24) is 4.57 Å². The van der Waals surface area contributed by atoms with Crippen LogP contribution in [0.15, 0.2) is 18.2 Å². The number of hydrogen-bond donors (Lipinski definition) is 0. The van der Waals surface area contributed by atoms with Crippen LogP contribution >= 0.6 is 46.4 Å². The highest BCUT2D eigenvalue weighted by Crippen LogP contribution is 2.39. The molecule has 0 bridgehead atoms. The third-order valence-corrected chi connectivity index (χ3v) is 4.27. The quantitative estimate of drug-likeness (QED) is 0.755. The van der Waals surface area contributed by atoms with Crippen molar-refractivity contribution < 1.29 is 0 Å². The zero-order chi connectivity index (χ0) is 14.9. The van der Waals surface area contributed by atoms with E-state index in [2.05, 4.69) is 0 Å². The third-order valence-electron chi connectivity index (χ3n) is 2.68. The van der Waals surface area contributed by atoms with Crippen LogP contribution in [0.25, 0.3) is 11.3 Å². The summed E-state index contributed by atoms with van der Waals surface area (Å²) in [7, 11) is 0. The Morgan fingerprint density at radius 2 is 1.75 bits per heavy atom. The summed E-state index contributed by atoms with van der Waals surface area (Å²) in [6.45, 7) is -0.0319. The topological polar surface area (TPSA) is 52.5 Å². The average Bonchev–Trinajstić information content (AvgIpc) is 2.67. The van der Waals surface area contributed by atoms with Gasteiger partial charge in [-0.3, -0.25) is 0 Å². The second-order valence-corrected chi connectivity index (χ2v) is 5.36. The molecule has 0 fully saturated rings. The molecule has 0 spiro atoms. The molecule has 0 aliphatic heterocycles. The molecule has 7 heteroatoms. The van der Waals surface area contributed by atoms with E-state index in [0.717, 1.165) is 0 Å². The Morgan fingerprint density at radius 1 is 1.05 bits per heavy atom. The third kappa shape index (κ3) is 2.46. The fraction of sp³-hybridized carbons (Fsp3) is 0.0769. The van der Waals surface area contributed by atoms with Crippen molar-refractivity contribution in [2.75, 3.05) is 0 Å². The van der Waals surface area contributed by atoms with Crippen molar-refractivity contribution >= 4 is 46.4 Å². The minimum atomic E-state index is -0.0319. The molecule has 0 radical (unpaired) electrons. The van der Waals surface area contributed by atoms with E-state index in [1.54, 1.807) is 18.2 Å². The van der Waals surface area contributed by atoms with E-state index in [-0.39, 0.29) is 22.3 Å². The van der Waals surface area contributed by atoms with Crippen molar-refractivity contribution in [3.8, 4) is 23.4 Å². The Hall–Kier alpha value is -1.36. The lowest BCUT2D eigenvalue weighted by molar-refractivity contribution is 0.849. The molecule has 0 N–H and O–H groups in total. The van der Waals surface area contributed by atoms with Gasteiger partial charge >= 0.3 is 0 Å². The second-order valence-electron chi connectivity index (χ2n) is 3.81. The number of aromatic nitrogens is 1. The Morgan fingerprint density at radius 3 is 2.30 bits per heavy atom. The molecule has 2 aromatic rings. The van der Waals surface area contributed by atoms with Crippen molar-refractivity contribution in [2.24, 2.45) is 0 Å². The van der Waals surface area contributed by atoms with Crippen molar-refractivity contribution in [3.63, 3.8) is 0 Å². The molecule has 0 saturated heterocycles. The molecule has 2 rings (SSSR count). The molecule has 1 aromatic heterocycles. The van der Waals surface area contributed by atoms with Gasteiger partial charge in [-0.25, -0.2) is 0 Å². The molecule has 100 valence electrons. The van der Waals surface area contributed by atoms with E-state index in [1.165, 1.54) is 4.57 Å². The van der Waals surface area contributed by atoms with E-state index in [4.69, 9.17) is 51.7 Å². The summed E-state index contributed by atoms with van der Waals surface area (Å²) in [4.78, 5) is 0. The first-order valence-electron chi connectivity index (χ1n) is 5.31. The monoisotopic (exact) mass is 343 g/mol. The van der Waals surface area contributed by atoms with Gasteiger partial charge in [-0.1, -0.05) is 52.5 Å². The Labute approximate surface area is 135 Å². The largest absolute Gasteiger partial charge is 0.315 e. The molecular formula is C13H5Cl4N3. The zero-order valence-corrected chi connectivity index (χ0v) is 12.8. The van der Waals surface area contributed by atoms with Gasteiger partial charge in [-0.05, 0) is 12.1 Å². The van der Waals surface area contributed by atoms with Crippen molar-refractivity contribution in [3.05, 3.63) is 44.0 Å². The van der Waals surface area contributed by atoms with E-state index in [9.17, 15) is 5.26 Å². The van der Waals surface area contributed by atoms with Crippen LogP contribution in [0.5, 0.6) is 0 Å². The molecular weight excluding hydrogens is 340 g/mol. The molecule has 0 atom stereocenters. The number of benzene rings is 1. The fourth-order valence-corrected chi connectivity index (χ4v) is 2.59. The molecule has 0 unspecified atom stereocenters. The van der Waals surface area contributed by atoms with Gasteiger partial charge in [-0.15, -0.1) is 0 Å². The van der Waals surface area contributed by atoms with E-state index in [0.29, 0.717) is 21.3 Å². The summed E-state index contributed by atoms with van der Waals surface area (Å²) in [6.07, 6.45) is 0. The van der Waals surface area contributed by atoms with Crippen LogP contribution in [0.1, 0.15) is 5.56 Å². The van der Waals surface area contributed by atoms with Crippen LogP contribution < -0.4 is 0 Å². The standard InChI is InChI=1S/C13H5Cl4N3/c14-9-2-1-7(5-10(9)15)12-8(6-19)11(16)13(17)20(12)4-3-18/h1-2,5H,4H2. The van der Waals surface area contributed by atoms with Gasteiger partial charge in [0, 0.05) is 5.56 Å². The molecule has 0 aliphatic rings. The number of rotatable bonds is 2. The second kappa shape index (κ2) is 5.95. The maximum absolute atomic E-state index is 9.24. The van der Waals surface area contributed by atoms with Crippen molar-refractivity contribution in [1.29, 1.82) is 10.5 Å². The highest BCUT2D eigenvalue weighted by Gasteiger charge is 2.22. The summed E-state index contributed by atoms with van der Waals surface area (Å²) in [5.41, 5.74) is 1.26. The number of nitrogens with zero attached hydrogens (tertiary/aromatic N) is 3. The molecule has 20 heavy (non-hydrogen) atoms. The van der Waals surface area contributed by atoms with Crippen LogP contribution in [0.4, 0.5) is 0 Å². The van der Waals surface area contributed by atoms with Crippen molar-refractivity contribution in [2.45, 2.75) is 6.54 Å². The molecule has 0 aliphatic carbocycles. The first-order chi connectivity index (χ1) is 9.51. The summed E-state index contributed by atoms with van der Waals surface area (Å²) >= 11 is 24.0. The summed E-state index contributed by atoms with van der Waals surface area (Å²) < 4.78 is 1.46. The Kier molecular flexibility index (Phi) is 4.48. The van der Waals surface area contributed by atoms with E-state index in [1.807, 2.05) is 12.1 Å². The van der Waals surface area contributed by atoms with Crippen LogP contribution in [0.3, 0.4) is 0 Å². The van der Waals surface area contributed by atoms with Gasteiger partial charge in [-0.2, -0.15) is 10.5 Å². The van der Waals surface area contributed by atoms with Crippen LogP contribution in [-0.2, 0) is 6.54 Å². The number of nitriles is 2. The normalized spacial score (nSPS) is 10.1. The van der Waals surface area contributed by atoms with E-state index >= 15 is 0 Å².